The molecule has 4 N–H and O–H groups in total. The van der Waals surface area contributed by atoms with E-state index in [0.29, 0.717) is 0 Å². The Labute approximate surface area is 92.6 Å². The molecule has 0 fully saturated rings. The number of aliphatic hydroxyl groups is 4. The molecule has 0 aliphatic rings. The van der Waals surface area contributed by atoms with Crippen molar-refractivity contribution < 1.29 is 20.4 Å². The summed E-state index contributed by atoms with van der Waals surface area (Å²) in [5.41, 5.74) is -0.306. The molecule has 4 nitrogen and oxygen atoms in total. The van der Waals surface area contributed by atoms with E-state index in [1.807, 2.05) is 0 Å². The van der Waals surface area contributed by atoms with Crippen molar-refractivity contribution in [2.75, 3.05) is 19.8 Å². The van der Waals surface area contributed by atoms with E-state index in [1.54, 1.807) is 13.8 Å². The SMILES string of the molecule is CC(C)(CO)CO.CCCCC(O)CO. The highest BCUT2D eigenvalue weighted by Gasteiger charge is 2.13. The number of aliphatic hydroxyl groups excluding tert-OH is 4. The van der Waals surface area contributed by atoms with Crippen LogP contribution >= 0.6 is 0 Å². The molecule has 15 heavy (non-hydrogen) atoms. The molecule has 0 rings (SSSR count). The van der Waals surface area contributed by atoms with Gasteiger partial charge in [-0.15, -0.1) is 0 Å². The van der Waals surface area contributed by atoms with Crippen molar-refractivity contribution >= 4 is 0 Å². The molecule has 0 radical (unpaired) electrons. The second-order valence-electron chi connectivity index (χ2n) is 4.46. The van der Waals surface area contributed by atoms with Crippen LogP contribution in [0, 0.1) is 5.41 Å². The largest absolute Gasteiger partial charge is 0.396 e. The summed E-state index contributed by atoms with van der Waals surface area (Å²) in [6, 6.07) is 0. The Hall–Kier alpha value is -0.160. The average Bonchev–Trinajstić information content (AvgIpc) is 2.26. The standard InChI is InChI=1S/C6H14O2.C5H12O2/c1-2-3-4-6(8)5-7;1-5(2,3-6)4-7/h6-8H,2-5H2,1H3;6-7H,3-4H2,1-2H3. The third-order valence-electron chi connectivity index (χ3n) is 1.96. The van der Waals surface area contributed by atoms with Gasteiger partial charge in [0.05, 0.1) is 25.9 Å². The summed E-state index contributed by atoms with van der Waals surface area (Å²) in [7, 11) is 0. The van der Waals surface area contributed by atoms with E-state index in [0.717, 1.165) is 19.3 Å². The van der Waals surface area contributed by atoms with Gasteiger partial charge in [-0.1, -0.05) is 33.6 Å². The fourth-order valence-electron chi connectivity index (χ4n) is 0.581. The summed E-state index contributed by atoms with van der Waals surface area (Å²) < 4.78 is 0. The Morgan fingerprint density at radius 3 is 1.73 bits per heavy atom. The lowest BCUT2D eigenvalue weighted by atomic mass is 9.97. The number of unbranched alkanes of at least 4 members (excludes halogenated alkanes) is 1. The van der Waals surface area contributed by atoms with Crippen molar-refractivity contribution in [3.05, 3.63) is 0 Å². The molecular formula is C11H26O4. The first-order valence-corrected chi connectivity index (χ1v) is 5.44. The van der Waals surface area contributed by atoms with Crippen LogP contribution in [0.2, 0.25) is 0 Å². The fourth-order valence-corrected chi connectivity index (χ4v) is 0.581. The van der Waals surface area contributed by atoms with Crippen molar-refractivity contribution in [1.29, 1.82) is 0 Å². The van der Waals surface area contributed by atoms with Crippen LogP contribution in [0.3, 0.4) is 0 Å². The van der Waals surface area contributed by atoms with E-state index in [2.05, 4.69) is 6.92 Å². The van der Waals surface area contributed by atoms with Gasteiger partial charge in [-0.3, -0.25) is 0 Å². The third kappa shape index (κ3) is 13.8. The maximum atomic E-state index is 8.74. The van der Waals surface area contributed by atoms with Gasteiger partial charge in [0.25, 0.3) is 0 Å². The van der Waals surface area contributed by atoms with Crippen LogP contribution in [0.25, 0.3) is 0 Å². The van der Waals surface area contributed by atoms with Crippen molar-refractivity contribution in [3.63, 3.8) is 0 Å². The lowest BCUT2D eigenvalue weighted by Crippen LogP contribution is -2.20. The zero-order chi connectivity index (χ0) is 12.3. The lowest BCUT2D eigenvalue weighted by Gasteiger charge is -2.16. The van der Waals surface area contributed by atoms with Gasteiger partial charge in [0, 0.05) is 5.41 Å². The fraction of sp³-hybridized carbons (Fsp3) is 1.00. The van der Waals surface area contributed by atoms with Gasteiger partial charge in [0.1, 0.15) is 0 Å². The van der Waals surface area contributed by atoms with Crippen molar-refractivity contribution in [3.8, 4) is 0 Å². The minimum Gasteiger partial charge on any atom is -0.396 e. The summed E-state index contributed by atoms with van der Waals surface area (Å²) in [4.78, 5) is 0. The lowest BCUT2D eigenvalue weighted by molar-refractivity contribution is 0.0857. The van der Waals surface area contributed by atoms with E-state index >= 15 is 0 Å². The van der Waals surface area contributed by atoms with Crippen LogP contribution in [-0.2, 0) is 0 Å². The Bertz CT molecular complexity index is 120. The molecule has 1 atom stereocenters. The normalized spacial score (nSPS) is 13.0. The Morgan fingerprint density at radius 1 is 1.07 bits per heavy atom. The summed E-state index contributed by atoms with van der Waals surface area (Å²) in [6.07, 6.45) is 2.32. The predicted octanol–water partition coefficient (Wildman–Crippen LogP) is 0.527. The van der Waals surface area contributed by atoms with Crippen LogP contribution in [0.1, 0.15) is 40.0 Å². The van der Waals surface area contributed by atoms with E-state index in [1.165, 1.54) is 0 Å². The zero-order valence-corrected chi connectivity index (χ0v) is 10.1. The molecule has 0 aliphatic heterocycles. The summed E-state index contributed by atoms with van der Waals surface area (Å²) in [5.74, 6) is 0. The van der Waals surface area contributed by atoms with Gasteiger partial charge in [0.2, 0.25) is 0 Å². The molecule has 0 saturated heterocycles. The topological polar surface area (TPSA) is 80.9 Å². The maximum absolute atomic E-state index is 8.74. The highest BCUT2D eigenvalue weighted by Crippen LogP contribution is 2.10. The summed E-state index contributed by atoms with van der Waals surface area (Å²) >= 11 is 0. The summed E-state index contributed by atoms with van der Waals surface area (Å²) in [5, 5.41) is 33.9. The van der Waals surface area contributed by atoms with Crippen LogP contribution < -0.4 is 0 Å². The molecule has 0 amide bonds. The molecule has 0 aromatic rings. The Balaban J connectivity index is 0. The highest BCUT2D eigenvalue weighted by atomic mass is 16.3. The Morgan fingerprint density at radius 2 is 1.53 bits per heavy atom. The van der Waals surface area contributed by atoms with Crippen molar-refractivity contribution in [1.82, 2.24) is 0 Å². The summed E-state index contributed by atoms with van der Waals surface area (Å²) in [6.45, 7) is 5.65. The zero-order valence-electron chi connectivity index (χ0n) is 10.1. The highest BCUT2D eigenvalue weighted by molar-refractivity contribution is 4.62. The second-order valence-corrected chi connectivity index (χ2v) is 4.46. The third-order valence-corrected chi connectivity index (χ3v) is 1.96. The second kappa shape index (κ2) is 10.4. The van der Waals surface area contributed by atoms with Gasteiger partial charge < -0.3 is 20.4 Å². The first-order valence-electron chi connectivity index (χ1n) is 5.44. The van der Waals surface area contributed by atoms with E-state index in [4.69, 9.17) is 20.4 Å². The van der Waals surface area contributed by atoms with E-state index in [-0.39, 0.29) is 25.2 Å². The predicted molar refractivity (Wildman–Crippen MR) is 60.6 cm³/mol. The first kappa shape index (κ1) is 17.2. The molecule has 0 aliphatic carbocycles. The number of rotatable bonds is 6. The molecule has 94 valence electrons. The van der Waals surface area contributed by atoms with Gasteiger partial charge in [-0.25, -0.2) is 0 Å². The Kier molecular flexibility index (Phi) is 11.9. The van der Waals surface area contributed by atoms with Gasteiger partial charge in [-0.05, 0) is 6.42 Å². The number of hydrogen-bond donors (Lipinski definition) is 4. The van der Waals surface area contributed by atoms with Gasteiger partial charge >= 0.3 is 0 Å². The molecular weight excluding hydrogens is 196 g/mol. The van der Waals surface area contributed by atoms with Gasteiger partial charge in [-0.2, -0.15) is 0 Å². The average molecular weight is 222 g/mol. The van der Waals surface area contributed by atoms with Crippen LogP contribution in [0.5, 0.6) is 0 Å². The monoisotopic (exact) mass is 222 g/mol. The minimum absolute atomic E-state index is 0.0451. The molecule has 4 heteroatoms. The smallest absolute Gasteiger partial charge is 0.0770 e. The molecule has 0 aromatic heterocycles. The molecule has 0 spiro atoms. The van der Waals surface area contributed by atoms with E-state index < -0.39 is 6.10 Å². The van der Waals surface area contributed by atoms with E-state index in [9.17, 15) is 0 Å². The minimum atomic E-state index is -0.491. The molecule has 1 unspecified atom stereocenters. The maximum Gasteiger partial charge on any atom is 0.0770 e. The molecule has 0 bridgehead atoms. The van der Waals surface area contributed by atoms with Crippen molar-refractivity contribution in [2.24, 2.45) is 5.41 Å². The molecule has 0 heterocycles. The van der Waals surface area contributed by atoms with Crippen molar-refractivity contribution in [2.45, 2.75) is 46.1 Å². The molecule has 0 aromatic carbocycles. The van der Waals surface area contributed by atoms with Crippen LogP contribution in [0.15, 0.2) is 0 Å². The van der Waals surface area contributed by atoms with Crippen LogP contribution in [-0.4, -0.2) is 46.4 Å². The quantitative estimate of drug-likeness (QED) is 0.528. The van der Waals surface area contributed by atoms with Crippen LogP contribution in [0.4, 0.5) is 0 Å². The molecule has 0 saturated carbocycles. The van der Waals surface area contributed by atoms with Gasteiger partial charge in [0.15, 0.2) is 0 Å². The first-order chi connectivity index (χ1) is 6.93. The number of hydrogen-bond acceptors (Lipinski definition) is 4.